The van der Waals surface area contributed by atoms with Crippen molar-refractivity contribution in [3.05, 3.63) is 11.6 Å². The van der Waals surface area contributed by atoms with Crippen molar-refractivity contribution in [1.29, 1.82) is 0 Å². The molecule has 0 aromatic heterocycles. The van der Waals surface area contributed by atoms with E-state index in [9.17, 15) is 19.8 Å². The van der Waals surface area contributed by atoms with Crippen molar-refractivity contribution in [2.45, 2.75) is 96.8 Å². The molecule has 3 fully saturated rings. The number of nitrogens with one attached hydrogen (secondary N) is 1. The molecule has 0 saturated heterocycles. The van der Waals surface area contributed by atoms with Crippen LogP contribution in [-0.2, 0) is 14.4 Å². The summed E-state index contributed by atoms with van der Waals surface area (Å²) in [5.41, 5.74) is 1.83. The number of carbonyl (C=O) groups excluding carboxylic acids is 1. The van der Waals surface area contributed by atoms with Crippen molar-refractivity contribution >= 4 is 17.6 Å². The van der Waals surface area contributed by atoms with Gasteiger partial charge in [-0.25, -0.2) is 4.79 Å². The summed E-state index contributed by atoms with van der Waals surface area (Å²) >= 11 is 0. The van der Waals surface area contributed by atoms with Gasteiger partial charge in [-0.05, 0) is 99.9 Å². The summed E-state index contributed by atoms with van der Waals surface area (Å²) in [7, 11) is 0. The molecule has 3 saturated carbocycles. The molecule has 0 bridgehead atoms. The number of hydrogen-bond donors (Lipinski definition) is 4. The van der Waals surface area contributed by atoms with Crippen LogP contribution in [0.5, 0.6) is 0 Å². The van der Waals surface area contributed by atoms with E-state index < -0.39 is 36.2 Å². The van der Waals surface area contributed by atoms with Gasteiger partial charge in [-0.15, -0.1) is 0 Å². The Labute approximate surface area is 201 Å². The minimum atomic E-state index is -1.38. The van der Waals surface area contributed by atoms with Gasteiger partial charge in [0, 0.05) is 0 Å². The lowest BCUT2D eigenvalue weighted by molar-refractivity contribution is -0.145. The monoisotopic (exact) mass is 476 g/mol. The number of aliphatic hydroxyl groups is 2. The molecule has 0 spiro atoms. The molecule has 8 nitrogen and oxygen atoms in total. The van der Waals surface area contributed by atoms with Crippen molar-refractivity contribution in [1.82, 2.24) is 5.32 Å². The molecule has 4 N–H and O–H groups in total. The average Bonchev–Trinajstić information content (AvgIpc) is 3.00. The Kier molecular flexibility index (Phi) is 6.62. The predicted molar refractivity (Wildman–Crippen MR) is 127 cm³/mol. The maximum Gasteiger partial charge on any atom is 0.328 e. The molecule has 1 amide bonds. The number of rotatable bonds is 6. The Hall–Kier alpha value is -1.93. The van der Waals surface area contributed by atoms with Crippen LogP contribution in [0.2, 0.25) is 0 Å². The zero-order chi connectivity index (χ0) is 24.9. The summed E-state index contributed by atoms with van der Waals surface area (Å²) < 4.78 is 0. The Morgan fingerprint density at radius 2 is 1.85 bits per heavy atom. The summed E-state index contributed by atoms with van der Waals surface area (Å²) in [6, 6.07) is -1.38. The molecule has 0 aromatic rings. The molecule has 0 radical (unpaired) electrons. The van der Waals surface area contributed by atoms with Gasteiger partial charge in [0.15, 0.2) is 12.6 Å². The fourth-order valence-corrected chi connectivity index (χ4v) is 7.66. The highest BCUT2D eigenvalue weighted by Crippen LogP contribution is 2.67. The van der Waals surface area contributed by atoms with E-state index in [4.69, 9.17) is 9.94 Å². The minimum absolute atomic E-state index is 0.0227. The lowest BCUT2D eigenvalue weighted by atomic mass is 9.46. The molecule has 2 unspecified atom stereocenters. The van der Waals surface area contributed by atoms with Gasteiger partial charge in [0.25, 0.3) is 5.91 Å². The number of aliphatic hydroxyl groups excluding tert-OH is 1. The summed E-state index contributed by atoms with van der Waals surface area (Å²) in [5.74, 6) is -0.0617. The van der Waals surface area contributed by atoms with Crippen LogP contribution in [0.3, 0.4) is 0 Å². The lowest BCUT2D eigenvalue weighted by Gasteiger charge is -2.59. The standard InChI is InChI=1S/C26H40N2O6/c1-15(29)22(23(31)32)27-21(30)14-34-28-17-7-10-24(2)16(13-17)5-6-18-19(24)8-11-25(3)20(18)9-12-26(25,4)33/h13,15,18-20,22,29,33H,5-12,14H2,1-4H3,(H,27,30)(H,31,32)/t15?,18-,19+,20+,22?,24+,25+,26+/m1/s1. The molecular formula is C26H40N2O6. The predicted octanol–water partition coefficient (Wildman–Crippen LogP) is 3.02. The molecule has 8 heteroatoms. The number of nitrogens with zero attached hydrogens (tertiary/aromatic N) is 1. The largest absolute Gasteiger partial charge is 0.480 e. The fraction of sp³-hybridized carbons (Fsp3) is 0.808. The SMILES string of the molecule is CC(O)C(NC(=O)CON=C1C=C2CC[C@@H]3[C@H](CC[C@@]4(C)[C@H]3CC[C@]4(C)O)[C@@]2(C)CC1)C(=O)O. The van der Waals surface area contributed by atoms with E-state index >= 15 is 0 Å². The highest BCUT2D eigenvalue weighted by Gasteiger charge is 2.62. The maximum atomic E-state index is 12.0. The third-order valence-electron chi connectivity index (χ3n) is 9.98. The van der Waals surface area contributed by atoms with Gasteiger partial charge >= 0.3 is 5.97 Å². The molecule has 190 valence electrons. The Morgan fingerprint density at radius 3 is 2.53 bits per heavy atom. The third kappa shape index (κ3) is 4.17. The van der Waals surface area contributed by atoms with Gasteiger partial charge in [-0.2, -0.15) is 0 Å². The second-order valence-corrected chi connectivity index (χ2v) is 11.8. The molecule has 34 heavy (non-hydrogen) atoms. The number of fused-ring (bicyclic) bond motifs is 5. The first-order chi connectivity index (χ1) is 15.9. The molecule has 4 aliphatic carbocycles. The van der Waals surface area contributed by atoms with Crippen LogP contribution in [0.1, 0.15) is 79.1 Å². The van der Waals surface area contributed by atoms with E-state index in [1.54, 1.807) is 0 Å². The van der Waals surface area contributed by atoms with E-state index in [1.165, 1.54) is 12.5 Å². The van der Waals surface area contributed by atoms with Crippen molar-refractivity contribution in [3.8, 4) is 0 Å². The van der Waals surface area contributed by atoms with E-state index in [1.807, 2.05) is 6.92 Å². The summed E-state index contributed by atoms with van der Waals surface area (Å²) in [6.45, 7) is 7.67. The van der Waals surface area contributed by atoms with Gasteiger partial charge in [0.2, 0.25) is 0 Å². The number of hydrogen-bond acceptors (Lipinski definition) is 6. The van der Waals surface area contributed by atoms with Gasteiger partial charge in [-0.1, -0.05) is 24.6 Å². The van der Waals surface area contributed by atoms with Crippen LogP contribution in [0.25, 0.3) is 0 Å². The second-order valence-electron chi connectivity index (χ2n) is 11.8. The second kappa shape index (κ2) is 8.94. The van der Waals surface area contributed by atoms with E-state index in [0.29, 0.717) is 17.8 Å². The molecule has 4 rings (SSSR count). The molecule has 0 aromatic carbocycles. The van der Waals surface area contributed by atoms with Crippen LogP contribution in [0.4, 0.5) is 0 Å². The van der Waals surface area contributed by atoms with Gasteiger partial charge < -0.3 is 25.5 Å². The Balaban J connectivity index is 1.40. The Morgan fingerprint density at radius 1 is 1.15 bits per heavy atom. The van der Waals surface area contributed by atoms with E-state index in [2.05, 4.69) is 30.4 Å². The molecule has 0 aliphatic heterocycles. The number of amides is 1. The van der Waals surface area contributed by atoms with E-state index in [-0.39, 0.29) is 10.8 Å². The number of aliphatic carboxylic acids is 1. The van der Waals surface area contributed by atoms with Crippen LogP contribution in [0, 0.1) is 28.6 Å². The van der Waals surface area contributed by atoms with Crippen molar-refractivity contribution in [2.75, 3.05) is 6.61 Å². The van der Waals surface area contributed by atoms with Crippen LogP contribution < -0.4 is 5.32 Å². The van der Waals surface area contributed by atoms with Gasteiger partial charge in [-0.3, -0.25) is 4.79 Å². The van der Waals surface area contributed by atoms with Gasteiger partial charge in [0.05, 0.1) is 17.4 Å². The summed E-state index contributed by atoms with van der Waals surface area (Å²) in [4.78, 5) is 28.3. The first kappa shape index (κ1) is 25.2. The maximum absolute atomic E-state index is 12.0. The fourth-order valence-electron chi connectivity index (χ4n) is 7.66. The normalized spacial score (nSPS) is 42.0. The first-order valence-corrected chi connectivity index (χ1v) is 12.7. The molecule has 8 atom stereocenters. The number of carboxylic acid groups (broad SMARTS) is 1. The summed E-state index contributed by atoms with van der Waals surface area (Å²) in [5, 5.41) is 36.0. The number of carbonyl (C=O) groups is 2. The highest BCUT2D eigenvalue weighted by atomic mass is 16.6. The zero-order valence-corrected chi connectivity index (χ0v) is 20.8. The van der Waals surface area contributed by atoms with Crippen LogP contribution >= 0.6 is 0 Å². The van der Waals surface area contributed by atoms with Crippen LogP contribution in [0.15, 0.2) is 16.8 Å². The summed E-state index contributed by atoms with van der Waals surface area (Å²) in [6.07, 6.45) is 9.14. The van der Waals surface area contributed by atoms with Crippen molar-refractivity contribution in [3.63, 3.8) is 0 Å². The smallest absolute Gasteiger partial charge is 0.328 e. The molecular weight excluding hydrogens is 436 g/mol. The van der Waals surface area contributed by atoms with Crippen LogP contribution in [-0.4, -0.2) is 57.3 Å². The highest BCUT2D eigenvalue weighted by molar-refractivity contribution is 5.96. The lowest BCUT2D eigenvalue weighted by Crippen LogP contribution is -2.53. The quantitative estimate of drug-likeness (QED) is 0.436. The zero-order valence-electron chi connectivity index (χ0n) is 20.8. The number of oxime groups is 1. The number of carboxylic acids is 1. The average molecular weight is 477 g/mol. The first-order valence-electron chi connectivity index (χ1n) is 12.7. The van der Waals surface area contributed by atoms with Crippen molar-refractivity contribution in [2.24, 2.45) is 33.7 Å². The van der Waals surface area contributed by atoms with Crippen molar-refractivity contribution < 1.29 is 29.7 Å². The third-order valence-corrected chi connectivity index (χ3v) is 9.98. The van der Waals surface area contributed by atoms with Gasteiger partial charge in [0.1, 0.15) is 0 Å². The molecule has 0 heterocycles. The van der Waals surface area contributed by atoms with E-state index in [0.717, 1.165) is 57.1 Å². The number of allylic oxidation sites excluding steroid dienone is 2. The molecule has 4 aliphatic rings. The Bertz CT molecular complexity index is 896. The topological polar surface area (TPSA) is 128 Å². The minimum Gasteiger partial charge on any atom is -0.480 e.